The maximum atomic E-state index is 12.5. The molecule has 0 radical (unpaired) electrons. The largest absolute Gasteiger partial charge is 0.493 e. The number of nitrogens with zero attached hydrogens (tertiary/aromatic N) is 4. The fraction of sp³-hybridized carbons (Fsp3) is 0.364. The van der Waals surface area contributed by atoms with Gasteiger partial charge in [0.25, 0.3) is 0 Å². The van der Waals surface area contributed by atoms with Crippen molar-refractivity contribution < 1.29 is 18.8 Å². The number of methoxy groups -OCH3 is 2. The zero-order valence-corrected chi connectivity index (χ0v) is 17.6. The van der Waals surface area contributed by atoms with E-state index in [0.717, 1.165) is 37.2 Å². The van der Waals surface area contributed by atoms with Gasteiger partial charge < -0.3 is 19.3 Å². The van der Waals surface area contributed by atoms with Crippen LogP contribution in [0.1, 0.15) is 18.7 Å². The van der Waals surface area contributed by atoms with Gasteiger partial charge in [-0.25, -0.2) is 0 Å². The van der Waals surface area contributed by atoms with Crippen LogP contribution in [0.3, 0.4) is 0 Å². The first kappa shape index (κ1) is 20.8. The normalized spacial score (nSPS) is 14.9. The molecule has 1 fully saturated rings. The van der Waals surface area contributed by atoms with E-state index in [1.165, 1.54) is 0 Å². The molecular formula is C22H25N5O4. The Labute approximate surface area is 180 Å². The number of carbonyl (C=O) groups is 1. The van der Waals surface area contributed by atoms with Crippen LogP contribution < -0.4 is 14.8 Å². The van der Waals surface area contributed by atoms with Crippen LogP contribution in [0.5, 0.6) is 11.5 Å². The summed E-state index contributed by atoms with van der Waals surface area (Å²) in [5.41, 5.74) is 1.52. The van der Waals surface area contributed by atoms with E-state index in [1.54, 1.807) is 32.7 Å². The van der Waals surface area contributed by atoms with Crippen molar-refractivity contribution in [1.82, 2.24) is 20.0 Å². The smallest absolute Gasteiger partial charge is 0.241 e. The van der Waals surface area contributed by atoms with Crippen LogP contribution in [-0.2, 0) is 11.3 Å². The number of rotatable bonds is 7. The third-order valence-electron chi connectivity index (χ3n) is 5.36. The lowest BCUT2D eigenvalue weighted by Gasteiger charge is -2.30. The van der Waals surface area contributed by atoms with Gasteiger partial charge in [-0.1, -0.05) is 5.16 Å². The second-order valence-electron chi connectivity index (χ2n) is 7.36. The number of carbonyl (C=O) groups excluding carboxylic acids is 1. The highest BCUT2D eigenvalue weighted by Gasteiger charge is 2.26. The molecule has 1 aliphatic rings. The Morgan fingerprint density at radius 3 is 2.71 bits per heavy atom. The zero-order valence-electron chi connectivity index (χ0n) is 17.6. The quantitative estimate of drug-likeness (QED) is 0.619. The summed E-state index contributed by atoms with van der Waals surface area (Å²) in [6, 6.07) is 9.14. The molecule has 1 N–H and O–H groups in total. The molecule has 9 heteroatoms. The van der Waals surface area contributed by atoms with Gasteiger partial charge in [-0.05, 0) is 56.3 Å². The number of ether oxygens (including phenoxy) is 2. The first-order chi connectivity index (χ1) is 15.2. The van der Waals surface area contributed by atoms with Crippen LogP contribution in [0.4, 0.5) is 5.69 Å². The molecule has 0 spiro atoms. The molecule has 1 aliphatic heterocycles. The highest BCUT2D eigenvalue weighted by molar-refractivity contribution is 5.92. The number of hydrogen-bond acceptors (Lipinski definition) is 8. The molecule has 0 bridgehead atoms. The van der Waals surface area contributed by atoms with Crippen molar-refractivity contribution in [3.63, 3.8) is 0 Å². The van der Waals surface area contributed by atoms with E-state index in [2.05, 4.69) is 25.3 Å². The maximum absolute atomic E-state index is 12.5. The van der Waals surface area contributed by atoms with Gasteiger partial charge in [-0.15, -0.1) is 0 Å². The zero-order chi connectivity index (χ0) is 21.6. The average Bonchev–Trinajstić information content (AvgIpc) is 3.28. The summed E-state index contributed by atoms with van der Waals surface area (Å²) >= 11 is 0. The van der Waals surface area contributed by atoms with E-state index < -0.39 is 0 Å². The van der Waals surface area contributed by atoms with Gasteiger partial charge in [0.2, 0.25) is 17.6 Å². The molecule has 1 aromatic carbocycles. The Kier molecular flexibility index (Phi) is 6.42. The van der Waals surface area contributed by atoms with Crippen LogP contribution in [0.15, 0.2) is 47.2 Å². The minimum absolute atomic E-state index is 0.0125. The van der Waals surface area contributed by atoms with Gasteiger partial charge in [0.05, 0.1) is 32.6 Å². The van der Waals surface area contributed by atoms with Gasteiger partial charge in [0.1, 0.15) is 0 Å². The molecule has 2 aromatic heterocycles. The molecule has 0 aliphatic carbocycles. The Balaban J connectivity index is 1.31. The monoisotopic (exact) mass is 423 g/mol. The van der Waals surface area contributed by atoms with Gasteiger partial charge >= 0.3 is 0 Å². The lowest BCUT2D eigenvalue weighted by atomic mass is 9.96. The number of aromatic nitrogens is 3. The molecule has 1 amide bonds. The van der Waals surface area contributed by atoms with Crippen molar-refractivity contribution in [3.05, 3.63) is 48.6 Å². The Hall–Kier alpha value is -3.46. The van der Waals surface area contributed by atoms with Gasteiger partial charge in [-0.3, -0.25) is 14.7 Å². The SMILES string of the molecule is COc1ccc(-c2noc(CN3CCC(C(=O)Nc4cccnc4)CC3)n2)cc1OC. The fourth-order valence-corrected chi connectivity index (χ4v) is 3.64. The molecular weight excluding hydrogens is 398 g/mol. The second-order valence-corrected chi connectivity index (χ2v) is 7.36. The van der Waals surface area contributed by atoms with Crippen molar-refractivity contribution in [1.29, 1.82) is 0 Å². The number of nitrogens with one attached hydrogen (secondary N) is 1. The highest BCUT2D eigenvalue weighted by atomic mass is 16.5. The van der Waals surface area contributed by atoms with Crippen LogP contribution in [0.2, 0.25) is 0 Å². The van der Waals surface area contributed by atoms with Crippen molar-refractivity contribution in [2.45, 2.75) is 19.4 Å². The molecule has 0 saturated carbocycles. The maximum Gasteiger partial charge on any atom is 0.241 e. The second kappa shape index (κ2) is 9.57. The summed E-state index contributed by atoms with van der Waals surface area (Å²) in [5, 5.41) is 7.03. The molecule has 0 atom stereocenters. The predicted molar refractivity (Wildman–Crippen MR) is 114 cm³/mol. The average molecular weight is 423 g/mol. The molecule has 9 nitrogen and oxygen atoms in total. The third kappa shape index (κ3) is 5.00. The van der Waals surface area contributed by atoms with Crippen molar-refractivity contribution >= 4 is 11.6 Å². The summed E-state index contributed by atoms with van der Waals surface area (Å²) in [5.74, 6) is 2.33. The highest BCUT2D eigenvalue weighted by Crippen LogP contribution is 2.31. The molecule has 3 heterocycles. The molecule has 1 saturated heterocycles. The summed E-state index contributed by atoms with van der Waals surface area (Å²) in [4.78, 5) is 23.2. The molecule has 0 unspecified atom stereocenters. The number of hydrogen-bond donors (Lipinski definition) is 1. The van der Waals surface area contributed by atoms with Crippen LogP contribution in [0, 0.1) is 5.92 Å². The van der Waals surface area contributed by atoms with Crippen molar-refractivity contribution in [2.75, 3.05) is 32.6 Å². The van der Waals surface area contributed by atoms with Crippen molar-refractivity contribution in [2.24, 2.45) is 5.92 Å². The Morgan fingerprint density at radius 2 is 2.00 bits per heavy atom. The fourth-order valence-electron chi connectivity index (χ4n) is 3.64. The molecule has 3 aromatic rings. The molecule has 4 rings (SSSR count). The lowest BCUT2D eigenvalue weighted by molar-refractivity contribution is -0.121. The number of piperidine rings is 1. The first-order valence-electron chi connectivity index (χ1n) is 10.1. The van der Waals surface area contributed by atoms with Gasteiger partial charge in [0.15, 0.2) is 11.5 Å². The molecule has 162 valence electrons. The number of likely N-dealkylation sites (tertiary alicyclic amines) is 1. The Bertz CT molecular complexity index is 1020. The number of amides is 1. The van der Waals surface area contributed by atoms with Gasteiger partial charge in [-0.2, -0.15) is 4.98 Å². The van der Waals surface area contributed by atoms with E-state index >= 15 is 0 Å². The topological polar surface area (TPSA) is 103 Å². The minimum Gasteiger partial charge on any atom is -0.493 e. The Morgan fingerprint density at radius 1 is 1.19 bits per heavy atom. The lowest BCUT2D eigenvalue weighted by Crippen LogP contribution is -2.37. The van der Waals surface area contributed by atoms with Crippen molar-refractivity contribution in [3.8, 4) is 22.9 Å². The molecule has 31 heavy (non-hydrogen) atoms. The van der Waals surface area contributed by atoms with Crippen LogP contribution in [0.25, 0.3) is 11.4 Å². The summed E-state index contributed by atoms with van der Waals surface area (Å²) in [6.07, 6.45) is 4.90. The predicted octanol–water partition coefficient (Wildman–Crippen LogP) is 3.00. The number of pyridine rings is 1. The van der Waals surface area contributed by atoms with Crippen LogP contribution >= 0.6 is 0 Å². The van der Waals surface area contributed by atoms with E-state index in [0.29, 0.717) is 29.8 Å². The third-order valence-corrected chi connectivity index (χ3v) is 5.36. The van der Waals surface area contributed by atoms with E-state index in [-0.39, 0.29) is 11.8 Å². The minimum atomic E-state index is -0.0125. The summed E-state index contributed by atoms with van der Waals surface area (Å²) in [6.45, 7) is 2.13. The van der Waals surface area contributed by atoms with E-state index in [1.807, 2.05) is 24.3 Å². The summed E-state index contributed by atoms with van der Waals surface area (Å²) in [7, 11) is 3.18. The first-order valence-corrected chi connectivity index (χ1v) is 10.1. The number of benzene rings is 1. The summed E-state index contributed by atoms with van der Waals surface area (Å²) < 4.78 is 16.0. The van der Waals surface area contributed by atoms with Gasteiger partial charge in [0, 0.05) is 17.7 Å². The van der Waals surface area contributed by atoms with E-state index in [4.69, 9.17) is 14.0 Å². The number of anilines is 1. The standard InChI is InChI=1S/C22H25N5O4/c1-29-18-6-5-16(12-19(18)30-2)21-25-20(31-26-21)14-27-10-7-15(8-11-27)22(28)24-17-4-3-9-23-13-17/h3-6,9,12-13,15H,7-8,10-11,14H2,1-2H3,(H,24,28). The van der Waals surface area contributed by atoms with E-state index in [9.17, 15) is 4.79 Å². The van der Waals surface area contributed by atoms with Crippen LogP contribution in [-0.4, -0.2) is 53.2 Å².